The molecule has 1 aliphatic carbocycles. The Kier molecular flexibility index (Phi) is 19.2. The van der Waals surface area contributed by atoms with E-state index in [2.05, 4.69) is 110 Å². The average molecular weight is 1040 g/mol. The van der Waals surface area contributed by atoms with Crippen LogP contribution in [0.3, 0.4) is 0 Å². The van der Waals surface area contributed by atoms with Crippen molar-refractivity contribution in [1.29, 1.82) is 0 Å². The van der Waals surface area contributed by atoms with Crippen LogP contribution in [0.4, 0.5) is 11.4 Å². The van der Waals surface area contributed by atoms with E-state index in [1.165, 1.54) is 22.5 Å². The van der Waals surface area contributed by atoms with Gasteiger partial charge < -0.3 is 14.5 Å². The molecule has 380 valence electrons. The van der Waals surface area contributed by atoms with E-state index in [-0.39, 0.29) is 24.7 Å². The summed E-state index contributed by atoms with van der Waals surface area (Å²) in [6.45, 7) is 12.4. The summed E-state index contributed by atoms with van der Waals surface area (Å²) in [4.78, 5) is 45.4. The molecule has 71 heavy (non-hydrogen) atoms. The minimum Gasteiger partial charge on any atom is -0.457 e. The van der Waals surface area contributed by atoms with E-state index in [0.717, 1.165) is 120 Å². The van der Waals surface area contributed by atoms with Gasteiger partial charge in [0.1, 0.15) is 18.1 Å². The summed E-state index contributed by atoms with van der Waals surface area (Å²) in [5, 5.41) is 38.3. The number of hydroxylamine groups is 2. The predicted octanol–water partition coefficient (Wildman–Crippen LogP) is 11.9. The number of ether oxygens (including phenoxy) is 1. The number of hydrogen-bond acceptors (Lipinski definition) is 18. The lowest BCUT2D eigenvalue weighted by Gasteiger charge is -2.27. The molecular formula is C51H60N3O14S3+. The Morgan fingerprint density at radius 3 is 2.20 bits per heavy atom. The quantitative estimate of drug-likeness (QED) is 0.0181. The highest BCUT2D eigenvalue weighted by Crippen LogP contribution is 2.49. The standard InChI is InChI=1S/C51H59N3O14S3/c1-34-15-23-42-40(32-34)50(2,3)44(53(42)30-9-10-31-69-66-63-58)25-16-35-12-11-13-36(49(35)61-37-18-20-38(21-19-37)70-67-64-59)17-26-45-51(4,5)41-33-39(71-68-65-60)22-24-43(41)52(45)29-8-6-7-14-48(57)62-54-46(55)27-28-47(54)56/h15-26,32-33H,6-14,27-31H2,1-5H3,(H2-,58,59,60)/p+1. The molecule has 7 rings (SSSR count). The monoisotopic (exact) mass is 1030 g/mol. The third-order valence-electron chi connectivity index (χ3n) is 13.0. The SMILES string of the molecule is Cc1ccc2c(c1)C(C)(C)/C(=C\C=C1/CCCC(/C=C/C3=[N+](CCCCCC(=O)ON4C(=O)CCC4=O)c4ccc(SOOO)cc4C3(C)C)=C1Oc1ccc(SOOO)cc1)N2CCCCSOOO. The maximum absolute atomic E-state index is 12.6. The van der Waals surface area contributed by atoms with Crippen LogP contribution in [0.1, 0.15) is 115 Å². The molecule has 0 radical (unpaired) electrons. The van der Waals surface area contributed by atoms with Crippen LogP contribution in [-0.2, 0) is 58.2 Å². The minimum atomic E-state index is -0.615. The number of nitrogens with zero attached hydrogens (tertiary/aromatic N) is 3. The van der Waals surface area contributed by atoms with E-state index in [1.807, 2.05) is 42.5 Å². The van der Waals surface area contributed by atoms with Crippen molar-refractivity contribution in [3.8, 4) is 5.75 Å². The van der Waals surface area contributed by atoms with Crippen molar-refractivity contribution >= 4 is 71.0 Å². The van der Waals surface area contributed by atoms with Crippen molar-refractivity contribution in [3.63, 3.8) is 0 Å². The van der Waals surface area contributed by atoms with Crippen molar-refractivity contribution in [2.24, 2.45) is 0 Å². The smallest absolute Gasteiger partial charge is 0.333 e. The zero-order valence-corrected chi connectivity index (χ0v) is 42.8. The predicted molar refractivity (Wildman–Crippen MR) is 268 cm³/mol. The first-order valence-corrected chi connectivity index (χ1v) is 25.9. The van der Waals surface area contributed by atoms with Crippen LogP contribution < -0.4 is 9.64 Å². The second-order valence-corrected chi connectivity index (χ2v) is 20.8. The number of anilines is 1. The number of rotatable bonds is 25. The Labute approximate surface area is 426 Å². The lowest BCUT2D eigenvalue weighted by Crippen LogP contribution is -2.31. The van der Waals surface area contributed by atoms with E-state index >= 15 is 0 Å². The number of imide groups is 1. The van der Waals surface area contributed by atoms with Crippen LogP contribution in [-0.4, -0.2) is 67.7 Å². The zero-order valence-electron chi connectivity index (χ0n) is 40.4. The molecule has 0 spiro atoms. The van der Waals surface area contributed by atoms with Crippen molar-refractivity contribution in [2.45, 2.75) is 126 Å². The molecule has 3 aromatic carbocycles. The molecule has 1 fully saturated rings. The fourth-order valence-corrected chi connectivity index (χ4v) is 10.7. The Morgan fingerprint density at radius 1 is 0.746 bits per heavy atom. The number of aryl methyl sites for hydroxylation is 1. The van der Waals surface area contributed by atoms with E-state index in [1.54, 1.807) is 0 Å². The number of hydrogen-bond donors (Lipinski definition) is 3. The van der Waals surface area contributed by atoms with E-state index in [9.17, 15) is 14.4 Å². The molecule has 0 saturated carbocycles. The van der Waals surface area contributed by atoms with Crippen LogP contribution in [0.25, 0.3) is 0 Å². The molecular weight excluding hydrogens is 975 g/mol. The van der Waals surface area contributed by atoms with Crippen molar-refractivity contribution < 1.29 is 72.4 Å². The minimum absolute atomic E-state index is 0.0409. The average Bonchev–Trinajstić information content (AvgIpc) is 3.86. The van der Waals surface area contributed by atoms with Crippen molar-refractivity contribution in [3.05, 3.63) is 124 Å². The number of allylic oxidation sites excluding steroid dienone is 7. The second-order valence-electron chi connectivity index (χ2n) is 18.5. The van der Waals surface area contributed by atoms with Gasteiger partial charge in [-0.2, -0.15) is 4.58 Å². The third kappa shape index (κ3) is 13.2. The topological polar surface area (TPSA) is 195 Å². The van der Waals surface area contributed by atoms with Gasteiger partial charge in [-0.25, -0.2) is 20.6 Å². The largest absolute Gasteiger partial charge is 0.457 e. The fraction of sp³-hybridized carbons (Fsp3) is 0.412. The molecule has 3 heterocycles. The van der Waals surface area contributed by atoms with Crippen LogP contribution in [0.15, 0.2) is 117 Å². The van der Waals surface area contributed by atoms with Gasteiger partial charge in [-0.15, -0.1) is 18.1 Å². The number of fused-ring (bicyclic) bond motifs is 2. The molecule has 20 heteroatoms. The molecule has 0 unspecified atom stereocenters. The summed E-state index contributed by atoms with van der Waals surface area (Å²) in [7, 11) is 0. The summed E-state index contributed by atoms with van der Waals surface area (Å²) in [5.41, 5.74) is 9.18. The lowest BCUT2D eigenvalue weighted by atomic mass is 9.81. The molecule has 3 aromatic rings. The highest BCUT2D eigenvalue weighted by atomic mass is 32.2. The molecule has 0 bridgehead atoms. The fourth-order valence-electron chi connectivity index (χ4n) is 9.49. The van der Waals surface area contributed by atoms with Crippen LogP contribution in [0, 0.1) is 6.92 Å². The molecule has 0 aromatic heterocycles. The Morgan fingerprint density at radius 2 is 1.46 bits per heavy atom. The first-order valence-electron chi connectivity index (χ1n) is 23.5. The second kappa shape index (κ2) is 25.2. The van der Waals surface area contributed by atoms with Crippen LogP contribution >= 0.6 is 36.1 Å². The van der Waals surface area contributed by atoms with Crippen LogP contribution in [0.5, 0.6) is 5.75 Å². The maximum atomic E-state index is 12.6. The number of unbranched alkanes of at least 4 members (excludes halogenated alkanes) is 3. The van der Waals surface area contributed by atoms with Gasteiger partial charge in [0, 0.05) is 94.3 Å². The molecule has 3 N–H and O–H groups in total. The van der Waals surface area contributed by atoms with E-state index in [4.69, 9.17) is 29.7 Å². The number of carbonyl (C=O) groups is 3. The summed E-state index contributed by atoms with van der Waals surface area (Å²) in [6, 6.07) is 19.9. The molecule has 17 nitrogen and oxygen atoms in total. The normalized spacial score (nSPS) is 18.5. The maximum Gasteiger partial charge on any atom is 0.333 e. The molecule has 3 aliphatic heterocycles. The highest BCUT2D eigenvalue weighted by Gasteiger charge is 2.45. The number of benzene rings is 3. The summed E-state index contributed by atoms with van der Waals surface area (Å²) < 4.78 is 23.3. The third-order valence-corrected chi connectivity index (χ3v) is 14.8. The van der Waals surface area contributed by atoms with Gasteiger partial charge in [-0.3, -0.25) is 9.59 Å². The van der Waals surface area contributed by atoms with Gasteiger partial charge in [0.05, 0.1) is 29.5 Å². The lowest BCUT2D eigenvalue weighted by molar-refractivity contribution is -0.438. The van der Waals surface area contributed by atoms with E-state index in [0.29, 0.717) is 40.8 Å². The van der Waals surface area contributed by atoms with Crippen molar-refractivity contribution in [2.75, 3.05) is 23.7 Å². The highest BCUT2D eigenvalue weighted by molar-refractivity contribution is 7.95. The van der Waals surface area contributed by atoms with E-state index < -0.39 is 23.2 Å². The first-order chi connectivity index (χ1) is 34.3. The summed E-state index contributed by atoms with van der Waals surface area (Å²) in [6.07, 6.45) is 15.0. The first kappa shape index (κ1) is 54.0. The van der Waals surface area contributed by atoms with Crippen LogP contribution in [0.2, 0.25) is 0 Å². The molecule has 1 saturated heterocycles. The van der Waals surface area contributed by atoms with Crippen molar-refractivity contribution in [1.82, 2.24) is 5.06 Å². The molecule has 0 atom stereocenters. The van der Waals surface area contributed by atoms with Gasteiger partial charge in [-0.1, -0.05) is 52.7 Å². The van der Waals surface area contributed by atoms with Gasteiger partial charge in [-0.05, 0) is 137 Å². The Bertz CT molecular complexity index is 2560. The number of carbonyl (C=O) groups excluding carboxylic acids is 3. The zero-order chi connectivity index (χ0) is 50.5. The molecule has 2 amide bonds. The van der Waals surface area contributed by atoms with Gasteiger partial charge in [0.15, 0.2) is 5.71 Å². The summed E-state index contributed by atoms with van der Waals surface area (Å²) in [5.74, 6) is 0.407. The summed E-state index contributed by atoms with van der Waals surface area (Å²) >= 11 is 2.83. The van der Waals surface area contributed by atoms with Gasteiger partial charge >= 0.3 is 5.97 Å². The van der Waals surface area contributed by atoms with Gasteiger partial charge in [0.2, 0.25) is 5.69 Å². The Hall–Kier alpha value is -4.81. The van der Waals surface area contributed by atoms with Gasteiger partial charge in [0.25, 0.3) is 11.8 Å². The molecule has 4 aliphatic rings. The number of amides is 2. The Balaban J connectivity index is 1.22.